The van der Waals surface area contributed by atoms with Crippen LogP contribution in [0.25, 0.3) is 0 Å². The first kappa shape index (κ1) is 19.5. The van der Waals surface area contributed by atoms with E-state index in [0.717, 1.165) is 5.56 Å². The fourth-order valence-electron chi connectivity index (χ4n) is 3.25. The van der Waals surface area contributed by atoms with Crippen LogP contribution in [0.2, 0.25) is 0 Å². The first-order chi connectivity index (χ1) is 12.9. The molecule has 1 saturated heterocycles. The molecule has 1 aliphatic rings. The lowest BCUT2D eigenvalue weighted by Gasteiger charge is -2.33. The lowest BCUT2D eigenvalue weighted by Crippen LogP contribution is -2.45. The van der Waals surface area contributed by atoms with Crippen molar-refractivity contribution in [1.29, 1.82) is 5.26 Å². The van der Waals surface area contributed by atoms with Crippen molar-refractivity contribution in [1.82, 2.24) is 9.21 Å². The summed E-state index contributed by atoms with van der Waals surface area (Å²) >= 11 is 1.20. The zero-order valence-corrected chi connectivity index (χ0v) is 16.7. The Kier molecular flexibility index (Phi) is 5.95. The minimum atomic E-state index is -3.53. The third-order valence-corrected chi connectivity index (χ3v) is 7.94. The van der Waals surface area contributed by atoms with Gasteiger partial charge in [0, 0.05) is 26.7 Å². The van der Waals surface area contributed by atoms with E-state index in [0.29, 0.717) is 35.7 Å². The number of piperidine rings is 1. The Morgan fingerprint density at radius 2 is 2.07 bits per heavy atom. The Labute approximate surface area is 163 Å². The number of sulfonamides is 1. The molecule has 1 unspecified atom stereocenters. The van der Waals surface area contributed by atoms with Gasteiger partial charge in [-0.3, -0.25) is 4.79 Å². The van der Waals surface area contributed by atoms with Crippen LogP contribution in [0, 0.1) is 17.2 Å². The maximum absolute atomic E-state index is 12.8. The second kappa shape index (κ2) is 8.21. The van der Waals surface area contributed by atoms with E-state index in [1.165, 1.54) is 15.6 Å². The van der Waals surface area contributed by atoms with Gasteiger partial charge in [0.15, 0.2) is 0 Å². The van der Waals surface area contributed by atoms with Gasteiger partial charge in [-0.05, 0) is 42.0 Å². The summed E-state index contributed by atoms with van der Waals surface area (Å²) in [6, 6.07) is 12.5. The Hall–Kier alpha value is -2.21. The largest absolute Gasteiger partial charge is 0.341 e. The molecule has 0 aliphatic carbocycles. The van der Waals surface area contributed by atoms with Gasteiger partial charge in [-0.2, -0.15) is 9.57 Å². The SMILES string of the molecule is CN(Cc1ccc(C#N)cc1)C(=O)C1CCCN(S(=O)(=O)c2cccs2)C1. The highest BCUT2D eigenvalue weighted by atomic mass is 32.2. The molecule has 0 bridgehead atoms. The van der Waals surface area contributed by atoms with Crippen LogP contribution in [-0.4, -0.2) is 43.7 Å². The summed E-state index contributed by atoms with van der Waals surface area (Å²) in [6.07, 6.45) is 1.36. The molecule has 1 fully saturated rings. The van der Waals surface area contributed by atoms with Gasteiger partial charge < -0.3 is 4.90 Å². The minimum Gasteiger partial charge on any atom is -0.341 e. The molecule has 1 aliphatic heterocycles. The van der Waals surface area contributed by atoms with Crippen molar-refractivity contribution >= 4 is 27.3 Å². The topological polar surface area (TPSA) is 81.5 Å². The maximum Gasteiger partial charge on any atom is 0.252 e. The lowest BCUT2D eigenvalue weighted by atomic mass is 9.98. The van der Waals surface area contributed by atoms with Crippen molar-refractivity contribution in [2.45, 2.75) is 23.6 Å². The van der Waals surface area contributed by atoms with Gasteiger partial charge in [0.25, 0.3) is 10.0 Å². The van der Waals surface area contributed by atoms with Gasteiger partial charge in [-0.15, -0.1) is 11.3 Å². The van der Waals surface area contributed by atoms with E-state index >= 15 is 0 Å². The number of rotatable bonds is 5. The van der Waals surface area contributed by atoms with Gasteiger partial charge in [-0.1, -0.05) is 18.2 Å². The molecule has 142 valence electrons. The Bertz CT molecular complexity index is 932. The molecule has 1 atom stereocenters. The summed E-state index contributed by atoms with van der Waals surface area (Å²) in [5.74, 6) is -0.387. The fraction of sp³-hybridized carbons (Fsp3) is 0.368. The molecule has 2 aromatic rings. The van der Waals surface area contributed by atoms with Gasteiger partial charge in [-0.25, -0.2) is 8.42 Å². The summed E-state index contributed by atoms with van der Waals surface area (Å²) < 4.78 is 27.2. The molecule has 3 rings (SSSR count). The molecule has 27 heavy (non-hydrogen) atoms. The van der Waals surface area contributed by atoms with Gasteiger partial charge in [0.2, 0.25) is 5.91 Å². The van der Waals surface area contributed by atoms with Crippen LogP contribution in [0.4, 0.5) is 0 Å². The Balaban J connectivity index is 1.66. The third-order valence-electron chi connectivity index (χ3n) is 4.70. The van der Waals surface area contributed by atoms with E-state index in [2.05, 4.69) is 6.07 Å². The zero-order valence-electron chi connectivity index (χ0n) is 15.0. The van der Waals surface area contributed by atoms with Crippen LogP contribution in [-0.2, 0) is 21.4 Å². The molecule has 1 amide bonds. The highest BCUT2D eigenvalue weighted by Gasteiger charge is 2.34. The molecule has 8 heteroatoms. The molecule has 0 radical (unpaired) electrons. The van der Waals surface area contributed by atoms with Crippen LogP contribution in [0.5, 0.6) is 0 Å². The highest BCUT2D eigenvalue weighted by Crippen LogP contribution is 2.27. The molecular formula is C19H21N3O3S2. The van der Waals surface area contributed by atoms with Gasteiger partial charge in [0.1, 0.15) is 4.21 Å². The minimum absolute atomic E-state index is 0.0505. The van der Waals surface area contributed by atoms with Crippen molar-refractivity contribution in [3.8, 4) is 6.07 Å². The molecule has 6 nitrogen and oxygen atoms in total. The molecule has 2 heterocycles. The monoisotopic (exact) mass is 403 g/mol. The number of amides is 1. The smallest absolute Gasteiger partial charge is 0.252 e. The standard InChI is InChI=1S/C19H21N3O3S2/c1-21(13-16-8-6-15(12-20)7-9-16)19(23)17-4-2-10-22(14-17)27(24,25)18-5-3-11-26-18/h3,5-9,11,17H,2,4,10,13-14H2,1H3. The van der Waals surface area contributed by atoms with Crippen molar-refractivity contribution < 1.29 is 13.2 Å². The lowest BCUT2D eigenvalue weighted by molar-refractivity contribution is -0.135. The summed E-state index contributed by atoms with van der Waals surface area (Å²) in [5, 5.41) is 10.6. The number of nitriles is 1. The van der Waals surface area contributed by atoms with Crippen molar-refractivity contribution in [3.05, 3.63) is 52.9 Å². The maximum atomic E-state index is 12.8. The second-order valence-corrected chi connectivity index (χ2v) is 9.75. The van der Waals surface area contributed by atoms with Crippen LogP contribution in [0.1, 0.15) is 24.0 Å². The van der Waals surface area contributed by atoms with Crippen molar-refractivity contribution in [3.63, 3.8) is 0 Å². The van der Waals surface area contributed by atoms with Crippen LogP contribution in [0.15, 0.2) is 46.0 Å². The number of carbonyl (C=O) groups excluding carboxylic acids is 1. The van der Waals surface area contributed by atoms with Crippen LogP contribution < -0.4 is 0 Å². The quantitative estimate of drug-likeness (QED) is 0.769. The molecular weight excluding hydrogens is 382 g/mol. The summed E-state index contributed by atoms with van der Waals surface area (Å²) in [4.78, 5) is 14.5. The van der Waals surface area contributed by atoms with Crippen LogP contribution in [0.3, 0.4) is 0 Å². The van der Waals surface area contributed by atoms with E-state index < -0.39 is 10.0 Å². The molecule has 0 saturated carbocycles. The predicted octanol–water partition coefficient (Wildman–Crippen LogP) is 2.68. The number of carbonyl (C=O) groups is 1. The van der Waals surface area contributed by atoms with E-state index in [9.17, 15) is 13.2 Å². The molecule has 0 spiro atoms. The average Bonchev–Trinajstić information content (AvgIpc) is 3.24. The number of thiophene rings is 1. The van der Waals surface area contributed by atoms with E-state index in [4.69, 9.17) is 5.26 Å². The Morgan fingerprint density at radius 3 is 2.70 bits per heavy atom. The first-order valence-electron chi connectivity index (χ1n) is 8.69. The predicted molar refractivity (Wildman–Crippen MR) is 103 cm³/mol. The number of benzene rings is 1. The molecule has 1 aromatic heterocycles. The average molecular weight is 404 g/mol. The summed E-state index contributed by atoms with van der Waals surface area (Å²) in [5.41, 5.74) is 1.51. The van der Waals surface area contributed by atoms with E-state index in [-0.39, 0.29) is 18.4 Å². The number of nitrogens with zero attached hydrogens (tertiary/aromatic N) is 3. The zero-order chi connectivity index (χ0) is 19.4. The molecule has 0 N–H and O–H groups in total. The first-order valence-corrected chi connectivity index (χ1v) is 11.0. The second-order valence-electron chi connectivity index (χ2n) is 6.64. The van der Waals surface area contributed by atoms with E-state index in [1.54, 1.807) is 41.6 Å². The van der Waals surface area contributed by atoms with E-state index in [1.807, 2.05) is 12.1 Å². The van der Waals surface area contributed by atoms with Crippen molar-refractivity contribution in [2.24, 2.45) is 5.92 Å². The summed E-state index contributed by atoms with van der Waals surface area (Å²) in [6.45, 7) is 1.10. The van der Waals surface area contributed by atoms with Gasteiger partial charge >= 0.3 is 0 Å². The van der Waals surface area contributed by atoms with Gasteiger partial charge in [0.05, 0.1) is 17.6 Å². The third kappa shape index (κ3) is 4.38. The van der Waals surface area contributed by atoms with Crippen molar-refractivity contribution in [2.75, 3.05) is 20.1 Å². The Morgan fingerprint density at radius 1 is 1.33 bits per heavy atom. The number of hydrogen-bond acceptors (Lipinski definition) is 5. The normalized spacial score (nSPS) is 18.0. The fourth-order valence-corrected chi connectivity index (χ4v) is 5.92. The van der Waals surface area contributed by atoms with Crippen LogP contribution >= 0.6 is 11.3 Å². The molecule has 1 aromatic carbocycles. The number of hydrogen-bond donors (Lipinski definition) is 0. The highest BCUT2D eigenvalue weighted by molar-refractivity contribution is 7.91. The summed E-state index contributed by atoms with van der Waals surface area (Å²) in [7, 11) is -1.80.